The molecule has 4 aliphatic rings. The van der Waals surface area contributed by atoms with Crippen molar-refractivity contribution in [3.05, 3.63) is 23.3 Å². The number of amides is 1. The van der Waals surface area contributed by atoms with Crippen molar-refractivity contribution in [1.29, 1.82) is 0 Å². The van der Waals surface area contributed by atoms with Crippen LogP contribution in [0.15, 0.2) is 23.3 Å². The minimum atomic E-state index is -2.65. The van der Waals surface area contributed by atoms with E-state index >= 15 is 0 Å². The molecular formula is C44H71NO13. The van der Waals surface area contributed by atoms with Crippen LogP contribution in [-0.4, -0.2) is 130 Å². The lowest BCUT2D eigenvalue weighted by molar-refractivity contribution is -0.301. The van der Waals surface area contributed by atoms with Crippen molar-refractivity contribution >= 4 is 23.4 Å². The predicted molar refractivity (Wildman–Crippen MR) is 214 cm³/mol. The number of nitrogens with zero attached hydrogens (tertiary/aromatic N) is 1. The van der Waals surface area contributed by atoms with Gasteiger partial charge in [0.1, 0.15) is 30.3 Å². The maximum absolute atomic E-state index is 14.5. The number of carbonyl (C=O) groups is 4. The second kappa shape index (κ2) is 21.3. The van der Waals surface area contributed by atoms with E-state index in [2.05, 4.69) is 0 Å². The van der Waals surface area contributed by atoms with Crippen molar-refractivity contribution in [2.75, 3.05) is 20.8 Å². The van der Waals surface area contributed by atoms with Crippen molar-refractivity contribution in [1.82, 2.24) is 4.90 Å². The van der Waals surface area contributed by atoms with Gasteiger partial charge in [-0.15, -0.1) is 0 Å². The number of methoxy groups -OCH3 is 2. The Bertz CT molecular complexity index is 1480. The molecule has 0 aromatic rings. The summed E-state index contributed by atoms with van der Waals surface area (Å²) in [7, 11) is 3.01. The molecule has 15 atom stereocenters. The van der Waals surface area contributed by atoms with Crippen molar-refractivity contribution in [3.8, 4) is 0 Å². The highest BCUT2D eigenvalue weighted by Crippen LogP contribution is 2.39. The van der Waals surface area contributed by atoms with Crippen molar-refractivity contribution in [2.24, 2.45) is 29.6 Å². The van der Waals surface area contributed by atoms with Crippen LogP contribution in [0.25, 0.3) is 0 Å². The van der Waals surface area contributed by atoms with Gasteiger partial charge in [0.2, 0.25) is 5.79 Å². The topological polar surface area (TPSA) is 199 Å². The first kappa shape index (κ1) is 48.1. The highest BCUT2D eigenvalue weighted by Gasteiger charge is 2.57. The molecule has 58 heavy (non-hydrogen) atoms. The quantitative estimate of drug-likeness (QED) is 0.162. The largest absolute Gasteiger partial charge is 0.456 e. The molecular weight excluding hydrogens is 750 g/mol. The Morgan fingerprint density at radius 3 is 2.24 bits per heavy atom. The molecule has 2 bridgehead atoms. The molecule has 1 amide bonds. The van der Waals surface area contributed by atoms with Gasteiger partial charge >= 0.3 is 5.97 Å². The lowest BCUT2D eigenvalue weighted by atomic mass is 9.81. The molecule has 4 rings (SSSR count). The van der Waals surface area contributed by atoms with Gasteiger partial charge in [0.25, 0.3) is 11.7 Å². The van der Waals surface area contributed by atoms with Gasteiger partial charge in [-0.2, -0.15) is 0 Å². The van der Waals surface area contributed by atoms with Gasteiger partial charge in [-0.1, -0.05) is 45.4 Å². The van der Waals surface area contributed by atoms with Crippen LogP contribution in [-0.2, 0) is 42.9 Å². The van der Waals surface area contributed by atoms with E-state index in [1.54, 1.807) is 34.8 Å². The van der Waals surface area contributed by atoms with Gasteiger partial charge < -0.3 is 44.1 Å². The number of esters is 1. The summed E-state index contributed by atoms with van der Waals surface area (Å²) < 4.78 is 29.5. The summed E-state index contributed by atoms with van der Waals surface area (Å²) in [4.78, 5) is 58.2. The monoisotopic (exact) mass is 821 g/mol. The third-order valence-electron chi connectivity index (χ3n) is 13.0. The molecule has 0 aromatic carbocycles. The third kappa shape index (κ3) is 11.2. The average molecular weight is 822 g/mol. The summed E-state index contributed by atoms with van der Waals surface area (Å²) in [6, 6.07) is -1.30. The summed E-state index contributed by atoms with van der Waals surface area (Å²) in [5.41, 5.74) is 1.55. The number of piperidine rings is 1. The number of aliphatic hydroxyl groups excluding tert-OH is 3. The summed E-state index contributed by atoms with van der Waals surface area (Å²) in [5.74, 6) is -8.44. The number of Topliss-reactive ketones (excluding diaryl/α,β-unsaturated/α-hetero) is 2. The molecule has 14 nitrogen and oxygen atoms in total. The first-order valence-corrected chi connectivity index (χ1v) is 21.5. The fourth-order valence-electron chi connectivity index (χ4n) is 9.58. The number of aliphatic hydroxyl groups is 4. The van der Waals surface area contributed by atoms with E-state index in [4.69, 9.17) is 23.7 Å². The summed E-state index contributed by atoms with van der Waals surface area (Å²) in [6.07, 6.45) is 0.364. The van der Waals surface area contributed by atoms with Crippen molar-refractivity contribution in [2.45, 2.75) is 180 Å². The van der Waals surface area contributed by atoms with Crippen LogP contribution in [0, 0.1) is 29.6 Å². The molecule has 1 aliphatic carbocycles. The van der Waals surface area contributed by atoms with Gasteiger partial charge in [-0.05, 0) is 102 Å². The second-order valence-corrected chi connectivity index (χ2v) is 17.5. The number of ketones is 2. The summed E-state index contributed by atoms with van der Waals surface area (Å²) in [6.45, 7) is 12.7. The normalized spacial score (nSPS) is 41.8. The number of hydrogen-bond acceptors (Lipinski definition) is 13. The van der Waals surface area contributed by atoms with E-state index in [0.29, 0.717) is 50.5 Å². The Kier molecular flexibility index (Phi) is 17.7. The molecule has 1 unspecified atom stereocenters. The minimum Gasteiger partial charge on any atom is -0.456 e. The van der Waals surface area contributed by atoms with Gasteiger partial charge in [0, 0.05) is 45.0 Å². The van der Waals surface area contributed by atoms with E-state index in [0.717, 1.165) is 10.5 Å². The Balaban J connectivity index is 1.81. The first-order valence-electron chi connectivity index (χ1n) is 21.5. The van der Waals surface area contributed by atoms with E-state index in [9.17, 15) is 39.6 Å². The summed E-state index contributed by atoms with van der Waals surface area (Å²) >= 11 is 0. The number of rotatable bonds is 7. The predicted octanol–water partition coefficient (Wildman–Crippen LogP) is 4.18. The Morgan fingerprint density at radius 1 is 0.914 bits per heavy atom. The highest BCUT2D eigenvalue weighted by molar-refractivity contribution is 6.39. The standard InChI is InChI=1S/C44H71NO13/c1-10-30-18-24(3)17-25(4)19-35(49)40-37(55-9)21-27(6)44(53,58-40)41(50)42(51)45-31(13-12-14-38(45)56-11-2)43(52)57-39(28(7)33(47)23-34(30)48)26(5)20-29-15-16-32(46)36(22-29)54-8/h18,20,25,27-33,35-40,46-47,49,53H,10-17,19,21-23H2,1-9H3/b24-18+,26-20+/t25-,27+,28+,29+,30+,31-,32-,33-,35-,36+,37-,38-,39?,40+,44+/m0/s1. The maximum atomic E-state index is 14.5. The SMILES string of the molecule is CCO[C@H]1CCC[C@H]2C(=O)OC(/C(C)=C/[C@H]3CC[C@H](O)[C@H](OC)C3)[C@H](C)[C@@H](O)CC(=O)[C@H](CC)/C=C(\C)C[C@H](C)C[C@H](O)[C@H]3O[C@@](O)(C(=O)C(=O)N12)[C@H](C)C[C@@H]3OC. The van der Waals surface area contributed by atoms with Gasteiger partial charge in [0.15, 0.2) is 0 Å². The highest BCUT2D eigenvalue weighted by atomic mass is 16.7. The number of carbonyl (C=O) groups excluding carboxylic acids is 4. The van der Waals surface area contributed by atoms with Crippen LogP contribution in [0.5, 0.6) is 0 Å². The molecule has 3 aliphatic heterocycles. The smallest absolute Gasteiger partial charge is 0.329 e. The summed E-state index contributed by atoms with van der Waals surface area (Å²) in [5, 5.41) is 45.7. The zero-order chi connectivity index (χ0) is 43.1. The van der Waals surface area contributed by atoms with E-state index in [-0.39, 0.29) is 56.0 Å². The number of fused-ring (bicyclic) bond motifs is 3. The zero-order valence-corrected chi connectivity index (χ0v) is 36.1. The fourth-order valence-corrected chi connectivity index (χ4v) is 9.58. The molecule has 330 valence electrons. The molecule has 0 radical (unpaired) electrons. The lowest BCUT2D eigenvalue weighted by Gasteiger charge is -2.47. The first-order chi connectivity index (χ1) is 27.4. The number of allylic oxidation sites excluding steroid dienone is 3. The van der Waals surface area contributed by atoms with Crippen LogP contribution in [0.3, 0.4) is 0 Å². The molecule has 4 N–H and O–H groups in total. The molecule has 14 heteroatoms. The molecule has 0 spiro atoms. The van der Waals surface area contributed by atoms with Crippen LogP contribution >= 0.6 is 0 Å². The van der Waals surface area contributed by atoms with Gasteiger partial charge in [-0.25, -0.2) is 4.79 Å². The van der Waals surface area contributed by atoms with Crippen LogP contribution in [0.1, 0.15) is 119 Å². The number of ether oxygens (including phenoxy) is 5. The maximum Gasteiger partial charge on any atom is 0.329 e. The van der Waals surface area contributed by atoms with E-state index < -0.39 is 90.1 Å². The van der Waals surface area contributed by atoms with Gasteiger partial charge in [-0.3, -0.25) is 19.3 Å². The molecule has 2 saturated heterocycles. The molecule has 0 aromatic heterocycles. The Morgan fingerprint density at radius 2 is 1.60 bits per heavy atom. The Hall–Kier alpha value is -2.56. The minimum absolute atomic E-state index is 0.0332. The van der Waals surface area contributed by atoms with Crippen molar-refractivity contribution in [3.63, 3.8) is 0 Å². The third-order valence-corrected chi connectivity index (χ3v) is 13.0. The number of hydrogen-bond donors (Lipinski definition) is 4. The van der Waals surface area contributed by atoms with E-state index in [1.807, 2.05) is 32.9 Å². The Labute approximate surface area is 344 Å². The molecule has 3 fully saturated rings. The van der Waals surface area contributed by atoms with Crippen LogP contribution < -0.4 is 0 Å². The fraction of sp³-hybridized carbons (Fsp3) is 0.818. The van der Waals surface area contributed by atoms with Crippen LogP contribution in [0.2, 0.25) is 0 Å². The molecule has 1 saturated carbocycles. The van der Waals surface area contributed by atoms with Gasteiger partial charge in [0.05, 0.1) is 30.5 Å². The lowest BCUT2D eigenvalue weighted by Crippen LogP contribution is -2.65. The van der Waals surface area contributed by atoms with E-state index in [1.165, 1.54) is 7.11 Å². The molecule has 3 heterocycles. The second-order valence-electron chi connectivity index (χ2n) is 17.5. The average Bonchev–Trinajstić information content (AvgIpc) is 3.18. The van der Waals surface area contributed by atoms with Crippen LogP contribution in [0.4, 0.5) is 0 Å². The number of cyclic esters (lactones) is 1. The zero-order valence-electron chi connectivity index (χ0n) is 36.1. The van der Waals surface area contributed by atoms with Crippen molar-refractivity contribution < 1.29 is 63.3 Å².